The number of hydrogen-bond donors (Lipinski definition) is 0. The molecule has 0 bridgehead atoms. The lowest BCUT2D eigenvalue weighted by atomic mass is 10.2. The summed E-state index contributed by atoms with van der Waals surface area (Å²) in [5.41, 5.74) is 1.26. The van der Waals surface area contributed by atoms with Gasteiger partial charge in [0.15, 0.2) is 5.65 Å². The lowest BCUT2D eigenvalue weighted by molar-refractivity contribution is -0.137. The molecule has 23 heavy (non-hydrogen) atoms. The van der Waals surface area contributed by atoms with Crippen molar-refractivity contribution in [2.45, 2.75) is 6.18 Å². The fraction of sp³-hybridized carbons (Fsp3) is 0.118. The predicted molar refractivity (Wildman–Crippen MR) is 82.5 cm³/mol. The summed E-state index contributed by atoms with van der Waals surface area (Å²) in [7, 11) is 1.80. The van der Waals surface area contributed by atoms with Crippen molar-refractivity contribution < 1.29 is 13.2 Å². The van der Waals surface area contributed by atoms with Crippen molar-refractivity contribution in [3.8, 4) is 5.69 Å². The second-order valence-corrected chi connectivity index (χ2v) is 5.44. The molecule has 0 aliphatic rings. The molecule has 0 spiro atoms. The molecular weight excluding hydrogens is 303 g/mol. The zero-order valence-corrected chi connectivity index (χ0v) is 12.2. The Morgan fingerprint density at radius 3 is 2.52 bits per heavy atom. The van der Waals surface area contributed by atoms with Gasteiger partial charge in [0.2, 0.25) is 0 Å². The van der Waals surface area contributed by atoms with E-state index in [0.29, 0.717) is 11.3 Å². The van der Waals surface area contributed by atoms with Crippen molar-refractivity contribution in [2.75, 3.05) is 0 Å². The Morgan fingerprint density at radius 2 is 1.74 bits per heavy atom. The SMILES string of the molecule is Cn1cc2c3ccccc3n(-c3cccc(C(F)(F)F)c3)c2n1. The van der Waals surface area contributed by atoms with Crippen LogP contribution in [0.2, 0.25) is 0 Å². The van der Waals surface area contributed by atoms with Gasteiger partial charge in [-0.15, -0.1) is 0 Å². The number of fused-ring (bicyclic) bond motifs is 3. The average Bonchev–Trinajstić information content (AvgIpc) is 3.01. The first kappa shape index (κ1) is 13.9. The largest absolute Gasteiger partial charge is 0.416 e. The summed E-state index contributed by atoms with van der Waals surface area (Å²) in [4.78, 5) is 0. The number of alkyl halides is 3. The molecule has 4 aromatic rings. The van der Waals surface area contributed by atoms with Crippen molar-refractivity contribution in [3.63, 3.8) is 0 Å². The summed E-state index contributed by atoms with van der Waals surface area (Å²) in [6.07, 6.45) is -2.50. The van der Waals surface area contributed by atoms with Crippen LogP contribution < -0.4 is 0 Å². The highest BCUT2D eigenvalue weighted by Gasteiger charge is 2.30. The Bertz CT molecular complexity index is 1020. The number of aromatic nitrogens is 3. The quantitative estimate of drug-likeness (QED) is 0.506. The Kier molecular flexibility index (Phi) is 2.78. The molecular formula is C17H12F3N3. The maximum atomic E-state index is 13.0. The van der Waals surface area contributed by atoms with Crippen LogP contribution in [0.15, 0.2) is 54.7 Å². The second-order valence-electron chi connectivity index (χ2n) is 5.44. The molecule has 0 radical (unpaired) electrons. The van der Waals surface area contributed by atoms with Crippen molar-refractivity contribution in [1.29, 1.82) is 0 Å². The molecule has 3 nitrogen and oxygen atoms in total. The molecule has 4 rings (SSSR count). The van der Waals surface area contributed by atoms with E-state index in [-0.39, 0.29) is 0 Å². The summed E-state index contributed by atoms with van der Waals surface area (Å²) < 4.78 is 42.5. The molecule has 0 aliphatic heterocycles. The summed E-state index contributed by atoms with van der Waals surface area (Å²) >= 11 is 0. The highest BCUT2D eigenvalue weighted by molar-refractivity contribution is 6.07. The van der Waals surface area contributed by atoms with Gasteiger partial charge in [-0.05, 0) is 24.3 Å². The minimum atomic E-state index is -4.37. The van der Waals surface area contributed by atoms with Crippen LogP contribution in [0.5, 0.6) is 0 Å². The Labute approximate surface area is 129 Å². The molecule has 2 aromatic heterocycles. The zero-order valence-electron chi connectivity index (χ0n) is 12.2. The van der Waals surface area contributed by atoms with Crippen LogP contribution in [-0.4, -0.2) is 14.3 Å². The second kappa shape index (κ2) is 4.62. The molecule has 0 aliphatic carbocycles. The third-order valence-electron chi connectivity index (χ3n) is 3.89. The van der Waals surface area contributed by atoms with E-state index in [2.05, 4.69) is 5.10 Å². The van der Waals surface area contributed by atoms with Gasteiger partial charge >= 0.3 is 6.18 Å². The third-order valence-corrected chi connectivity index (χ3v) is 3.89. The molecule has 0 saturated carbocycles. The molecule has 6 heteroatoms. The van der Waals surface area contributed by atoms with Crippen LogP contribution in [0.3, 0.4) is 0 Å². The minimum absolute atomic E-state index is 0.449. The summed E-state index contributed by atoms with van der Waals surface area (Å²) in [6, 6.07) is 12.9. The van der Waals surface area contributed by atoms with Crippen molar-refractivity contribution in [2.24, 2.45) is 7.05 Å². The molecule has 0 amide bonds. The molecule has 2 aromatic carbocycles. The molecule has 0 atom stereocenters. The highest BCUT2D eigenvalue weighted by atomic mass is 19.4. The zero-order chi connectivity index (χ0) is 16.2. The van der Waals surface area contributed by atoms with Crippen LogP contribution in [0, 0.1) is 0 Å². The summed E-state index contributed by atoms with van der Waals surface area (Å²) in [5, 5.41) is 6.30. The third kappa shape index (κ3) is 2.10. The Balaban J connectivity index is 2.08. The number of nitrogens with zero attached hydrogens (tertiary/aromatic N) is 3. The summed E-state index contributed by atoms with van der Waals surface area (Å²) in [6.45, 7) is 0. The van der Waals surface area contributed by atoms with E-state index in [1.165, 1.54) is 6.07 Å². The van der Waals surface area contributed by atoms with Gasteiger partial charge in [-0.3, -0.25) is 9.25 Å². The van der Waals surface area contributed by atoms with E-state index in [4.69, 9.17) is 0 Å². The summed E-state index contributed by atoms with van der Waals surface area (Å²) in [5.74, 6) is 0. The first-order chi connectivity index (χ1) is 10.9. The average molecular weight is 315 g/mol. The smallest absolute Gasteiger partial charge is 0.292 e. The maximum Gasteiger partial charge on any atom is 0.416 e. The number of aryl methyl sites for hydroxylation is 1. The van der Waals surface area contributed by atoms with E-state index >= 15 is 0 Å². The van der Waals surface area contributed by atoms with Gasteiger partial charge in [-0.1, -0.05) is 24.3 Å². The van der Waals surface area contributed by atoms with E-state index in [1.54, 1.807) is 22.4 Å². The van der Waals surface area contributed by atoms with Crippen LogP contribution in [0.1, 0.15) is 5.56 Å². The lowest BCUT2D eigenvalue weighted by Crippen LogP contribution is -2.06. The number of para-hydroxylation sites is 1. The molecule has 0 N–H and O–H groups in total. The fourth-order valence-electron chi connectivity index (χ4n) is 2.93. The number of benzene rings is 2. The normalized spacial score (nSPS) is 12.3. The number of hydrogen-bond acceptors (Lipinski definition) is 1. The van der Waals surface area contributed by atoms with Gasteiger partial charge in [0.1, 0.15) is 0 Å². The number of halogens is 3. The van der Waals surface area contributed by atoms with E-state index in [9.17, 15) is 13.2 Å². The van der Waals surface area contributed by atoms with Gasteiger partial charge < -0.3 is 0 Å². The molecule has 0 saturated heterocycles. The Hall–Kier alpha value is -2.76. The van der Waals surface area contributed by atoms with Crippen molar-refractivity contribution >= 4 is 21.9 Å². The lowest BCUT2D eigenvalue weighted by Gasteiger charge is -2.11. The first-order valence-electron chi connectivity index (χ1n) is 7.05. The monoisotopic (exact) mass is 315 g/mol. The topological polar surface area (TPSA) is 22.8 Å². The van der Waals surface area contributed by atoms with Gasteiger partial charge in [-0.2, -0.15) is 18.3 Å². The van der Waals surface area contributed by atoms with Crippen molar-refractivity contribution in [3.05, 3.63) is 60.3 Å². The van der Waals surface area contributed by atoms with Gasteiger partial charge in [0.25, 0.3) is 0 Å². The molecule has 2 heterocycles. The van der Waals surface area contributed by atoms with E-state index in [0.717, 1.165) is 28.4 Å². The highest BCUT2D eigenvalue weighted by Crippen LogP contribution is 2.34. The maximum absolute atomic E-state index is 13.0. The van der Waals surface area contributed by atoms with Crippen LogP contribution in [0.25, 0.3) is 27.6 Å². The van der Waals surface area contributed by atoms with Gasteiger partial charge in [0, 0.05) is 29.7 Å². The standard InChI is InChI=1S/C17H12F3N3/c1-22-10-14-13-7-2-3-8-15(13)23(16(14)21-22)12-6-4-5-11(9-12)17(18,19)20/h2-10H,1H3. The van der Waals surface area contributed by atoms with E-state index in [1.807, 2.05) is 30.5 Å². The van der Waals surface area contributed by atoms with Crippen molar-refractivity contribution in [1.82, 2.24) is 14.3 Å². The first-order valence-corrected chi connectivity index (χ1v) is 7.05. The molecule has 0 unspecified atom stereocenters. The van der Waals surface area contributed by atoms with Crippen LogP contribution in [0.4, 0.5) is 13.2 Å². The molecule has 0 fully saturated rings. The number of rotatable bonds is 1. The fourth-order valence-corrected chi connectivity index (χ4v) is 2.93. The van der Waals surface area contributed by atoms with E-state index < -0.39 is 11.7 Å². The van der Waals surface area contributed by atoms with Crippen LogP contribution >= 0.6 is 0 Å². The van der Waals surface area contributed by atoms with Crippen LogP contribution in [-0.2, 0) is 13.2 Å². The molecule has 116 valence electrons. The predicted octanol–water partition coefficient (Wildman–Crippen LogP) is 4.54. The van der Waals surface area contributed by atoms with Gasteiger partial charge in [-0.25, -0.2) is 0 Å². The van der Waals surface area contributed by atoms with Gasteiger partial charge in [0.05, 0.1) is 11.1 Å². The minimum Gasteiger partial charge on any atom is -0.292 e. The Morgan fingerprint density at radius 1 is 0.957 bits per heavy atom.